The van der Waals surface area contributed by atoms with E-state index in [1.807, 2.05) is 65.0 Å². The summed E-state index contributed by atoms with van der Waals surface area (Å²) >= 11 is 5.03. The second-order valence-electron chi connectivity index (χ2n) is 10.6. The van der Waals surface area contributed by atoms with Crippen molar-refractivity contribution in [3.05, 3.63) is 102 Å². The van der Waals surface area contributed by atoms with Gasteiger partial charge in [0.15, 0.2) is 4.90 Å². The SMILES string of the molecule is O=C(Nc1ccccc1)[C@@H]1C[C@H](N2CCN([S+]([O-])c3ccccc3)CC2)CN1C(=O)/C=C/c1cc(Cl)ccc1-n1cnnn1. The second-order valence-corrected chi connectivity index (χ2v) is 12.5. The van der Waals surface area contributed by atoms with E-state index in [9.17, 15) is 14.1 Å². The van der Waals surface area contributed by atoms with Gasteiger partial charge in [0, 0.05) is 48.0 Å². The first-order valence-corrected chi connectivity index (χ1v) is 15.8. The molecule has 4 aromatic rings. The number of nitrogens with one attached hydrogen (secondary N) is 1. The second kappa shape index (κ2) is 13.7. The van der Waals surface area contributed by atoms with E-state index in [1.165, 1.54) is 17.1 Å². The first-order valence-electron chi connectivity index (χ1n) is 14.3. The number of anilines is 1. The summed E-state index contributed by atoms with van der Waals surface area (Å²) < 4.78 is 16.5. The lowest BCUT2D eigenvalue weighted by Crippen LogP contribution is -2.52. The Hall–Kier alpha value is -4.07. The van der Waals surface area contributed by atoms with E-state index in [0.29, 0.717) is 61.1 Å². The topological polar surface area (TPSA) is 123 Å². The summed E-state index contributed by atoms with van der Waals surface area (Å²) in [5.41, 5.74) is 1.99. The van der Waals surface area contributed by atoms with E-state index in [0.717, 1.165) is 4.90 Å². The van der Waals surface area contributed by atoms with Crippen LogP contribution in [0.25, 0.3) is 11.8 Å². The molecule has 6 rings (SSSR count). The fourth-order valence-corrected chi connectivity index (χ4v) is 7.00. The number of hydrogen-bond acceptors (Lipinski definition) is 8. The van der Waals surface area contributed by atoms with Crippen LogP contribution in [0.5, 0.6) is 0 Å². The zero-order valence-corrected chi connectivity index (χ0v) is 25.3. The van der Waals surface area contributed by atoms with Crippen LogP contribution in [-0.4, -0.2) is 95.5 Å². The Morgan fingerprint density at radius 2 is 1.70 bits per heavy atom. The molecule has 2 amide bonds. The standard InChI is InChI=1S/C31H31ClN8O3S/c32-24-12-13-28(40-22-33-35-36-40)23(19-24)11-14-30(41)39-21-26(20-29(39)31(42)34-25-7-3-1-4-8-25)37-15-17-38(18-16-37)44(43)27-9-5-2-6-10-27/h1-14,19,22,26,29H,15-18,20-21H2,(H,34,42)/b14-11+/t26-,29-,44?/m0/s1. The van der Waals surface area contributed by atoms with Crippen molar-refractivity contribution >= 4 is 46.5 Å². The molecule has 0 saturated carbocycles. The molecular formula is C31H31ClN8O3S. The van der Waals surface area contributed by atoms with Crippen molar-refractivity contribution in [2.24, 2.45) is 0 Å². The molecule has 13 heteroatoms. The van der Waals surface area contributed by atoms with Gasteiger partial charge in [-0.15, -0.1) is 9.40 Å². The molecule has 44 heavy (non-hydrogen) atoms. The summed E-state index contributed by atoms with van der Waals surface area (Å²) in [7, 11) is 0. The lowest BCUT2D eigenvalue weighted by Gasteiger charge is -2.37. The first kappa shape index (κ1) is 30.0. The number of carbonyl (C=O) groups is 2. The Kier molecular flexibility index (Phi) is 9.34. The summed E-state index contributed by atoms with van der Waals surface area (Å²) in [4.78, 5) is 32.0. The van der Waals surface area contributed by atoms with Gasteiger partial charge < -0.3 is 14.8 Å². The third kappa shape index (κ3) is 6.85. The van der Waals surface area contributed by atoms with Gasteiger partial charge in [0.2, 0.25) is 11.8 Å². The van der Waals surface area contributed by atoms with Crippen LogP contribution < -0.4 is 5.32 Å². The van der Waals surface area contributed by atoms with Gasteiger partial charge >= 0.3 is 0 Å². The van der Waals surface area contributed by atoms with Crippen molar-refractivity contribution in [3.63, 3.8) is 0 Å². The molecule has 3 aromatic carbocycles. The van der Waals surface area contributed by atoms with Crippen molar-refractivity contribution in [2.75, 3.05) is 38.0 Å². The molecule has 2 saturated heterocycles. The van der Waals surface area contributed by atoms with Crippen molar-refractivity contribution in [1.29, 1.82) is 0 Å². The Balaban J connectivity index is 1.18. The monoisotopic (exact) mass is 630 g/mol. The summed E-state index contributed by atoms with van der Waals surface area (Å²) in [6, 6.07) is 23.2. The number of tetrazole rings is 1. The normalized spacial score (nSPS) is 20.2. The average molecular weight is 631 g/mol. The van der Waals surface area contributed by atoms with E-state index in [1.54, 1.807) is 29.2 Å². The van der Waals surface area contributed by atoms with Crippen LogP contribution in [0.15, 0.2) is 96.2 Å². The van der Waals surface area contributed by atoms with Crippen LogP contribution in [0.2, 0.25) is 5.02 Å². The molecule has 1 N–H and O–H groups in total. The minimum Gasteiger partial charge on any atom is -0.593 e. The van der Waals surface area contributed by atoms with Crippen LogP contribution in [0.4, 0.5) is 5.69 Å². The van der Waals surface area contributed by atoms with Gasteiger partial charge in [0.25, 0.3) is 0 Å². The Labute approximate surface area is 263 Å². The minimum atomic E-state index is -1.23. The van der Waals surface area contributed by atoms with Gasteiger partial charge in [0.1, 0.15) is 12.4 Å². The number of hydrogen-bond donors (Lipinski definition) is 1. The van der Waals surface area contributed by atoms with E-state index >= 15 is 0 Å². The van der Waals surface area contributed by atoms with Crippen molar-refractivity contribution in [2.45, 2.75) is 23.4 Å². The summed E-state index contributed by atoms with van der Waals surface area (Å²) in [6.07, 6.45) is 5.09. The van der Waals surface area contributed by atoms with Crippen LogP contribution in [-0.2, 0) is 21.0 Å². The average Bonchev–Trinajstić information content (AvgIpc) is 3.76. The number of benzene rings is 3. The molecule has 3 heterocycles. The molecule has 2 aliphatic rings. The van der Waals surface area contributed by atoms with Crippen molar-refractivity contribution in [3.8, 4) is 5.69 Å². The molecule has 0 bridgehead atoms. The maximum atomic E-state index is 13.7. The van der Waals surface area contributed by atoms with Crippen LogP contribution in [0, 0.1) is 0 Å². The third-order valence-corrected chi connectivity index (χ3v) is 9.61. The quantitative estimate of drug-likeness (QED) is 0.233. The Bertz CT molecular complexity index is 1600. The number of carbonyl (C=O) groups excluding carboxylic acids is 2. The summed E-state index contributed by atoms with van der Waals surface area (Å²) in [5.74, 6) is -0.520. The lowest BCUT2D eigenvalue weighted by atomic mass is 10.1. The number of aromatic nitrogens is 4. The smallest absolute Gasteiger partial charge is 0.247 e. The maximum Gasteiger partial charge on any atom is 0.247 e. The fraction of sp³-hybridized carbons (Fsp3) is 0.258. The van der Waals surface area contributed by atoms with Gasteiger partial charge in [0.05, 0.1) is 30.1 Å². The number of rotatable bonds is 8. The predicted octanol–water partition coefficient (Wildman–Crippen LogP) is 3.28. The Morgan fingerprint density at radius 1 is 0.977 bits per heavy atom. The molecule has 2 fully saturated rings. The summed E-state index contributed by atoms with van der Waals surface area (Å²) in [5, 5.41) is 14.8. The lowest BCUT2D eigenvalue weighted by molar-refractivity contribution is -0.132. The molecule has 2 aliphatic heterocycles. The Morgan fingerprint density at radius 3 is 2.41 bits per heavy atom. The van der Waals surface area contributed by atoms with Gasteiger partial charge in [-0.05, 0) is 65.4 Å². The molecular weight excluding hydrogens is 600 g/mol. The van der Waals surface area contributed by atoms with Gasteiger partial charge in [-0.2, -0.15) is 4.68 Å². The number of halogens is 1. The van der Waals surface area contributed by atoms with E-state index in [2.05, 4.69) is 25.7 Å². The van der Waals surface area contributed by atoms with E-state index < -0.39 is 17.4 Å². The largest absolute Gasteiger partial charge is 0.593 e. The van der Waals surface area contributed by atoms with Crippen molar-refractivity contribution < 1.29 is 14.1 Å². The molecule has 0 aliphatic carbocycles. The molecule has 226 valence electrons. The minimum absolute atomic E-state index is 0.0193. The van der Waals surface area contributed by atoms with Crippen LogP contribution in [0.1, 0.15) is 12.0 Å². The first-order chi connectivity index (χ1) is 21.5. The van der Waals surface area contributed by atoms with Gasteiger partial charge in [-0.1, -0.05) is 48.0 Å². The molecule has 11 nitrogen and oxygen atoms in total. The number of amides is 2. The highest BCUT2D eigenvalue weighted by molar-refractivity contribution is 7.89. The molecule has 1 unspecified atom stereocenters. The highest BCUT2D eigenvalue weighted by Crippen LogP contribution is 2.27. The molecule has 3 atom stereocenters. The van der Waals surface area contributed by atoms with E-state index in [4.69, 9.17) is 11.6 Å². The zero-order chi connectivity index (χ0) is 30.5. The van der Waals surface area contributed by atoms with Crippen LogP contribution >= 0.6 is 11.6 Å². The third-order valence-electron chi connectivity index (χ3n) is 7.87. The van der Waals surface area contributed by atoms with Crippen molar-refractivity contribution in [1.82, 2.24) is 34.3 Å². The molecule has 1 aromatic heterocycles. The van der Waals surface area contributed by atoms with E-state index in [-0.39, 0.29) is 17.9 Å². The van der Waals surface area contributed by atoms with Gasteiger partial charge in [-0.25, -0.2) is 0 Å². The number of para-hydroxylation sites is 1. The highest BCUT2D eigenvalue weighted by atomic mass is 35.5. The maximum absolute atomic E-state index is 13.7. The molecule has 0 spiro atoms. The zero-order valence-electron chi connectivity index (χ0n) is 23.8. The fourth-order valence-electron chi connectivity index (χ4n) is 5.63. The van der Waals surface area contributed by atoms with Gasteiger partial charge in [-0.3, -0.25) is 14.5 Å². The van der Waals surface area contributed by atoms with Crippen LogP contribution in [0.3, 0.4) is 0 Å². The summed E-state index contributed by atoms with van der Waals surface area (Å²) in [6.45, 7) is 3.02. The highest BCUT2D eigenvalue weighted by Gasteiger charge is 2.42. The predicted molar refractivity (Wildman–Crippen MR) is 168 cm³/mol. The number of piperazine rings is 1. The molecule has 0 radical (unpaired) electrons. The number of likely N-dealkylation sites (tertiary alicyclic amines) is 1. The number of nitrogens with zero attached hydrogens (tertiary/aromatic N) is 7.